The van der Waals surface area contributed by atoms with Crippen LogP contribution in [0, 0.1) is 0 Å². The van der Waals surface area contributed by atoms with Crippen LogP contribution < -0.4 is 20.7 Å². The molecule has 17 heteroatoms. The Balaban J connectivity index is 1.68. The molecule has 3 heterocycles. The Kier molecular flexibility index (Phi) is 6.79. The van der Waals surface area contributed by atoms with Crippen LogP contribution in [-0.2, 0) is 14.8 Å². The Morgan fingerprint density at radius 3 is 2.46 bits per heavy atom. The van der Waals surface area contributed by atoms with Crippen molar-refractivity contribution in [3.8, 4) is 23.1 Å². The van der Waals surface area contributed by atoms with Crippen molar-refractivity contribution < 1.29 is 31.8 Å². The number of nitrogens with one attached hydrogen (secondary N) is 2. The fourth-order valence-corrected chi connectivity index (χ4v) is 4.71. The van der Waals surface area contributed by atoms with E-state index in [1.54, 1.807) is 4.98 Å². The standard InChI is InChI=1S/C18H13Cl2F2N5O7S/c19-9-1-8(27-18(30)24-17(29)14(25-27)16(21)22)2-10(20)15(9)34-13-3-12(11(28)4-23-13)35(31,32)26-7-5-33-6-7/h1-4,7,16,26,28H,5-6H2,(H,24,29,30). The van der Waals surface area contributed by atoms with Crippen molar-refractivity contribution in [3.05, 3.63) is 61.0 Å². The monoisotopic (exact) mass is 551 g/mol. The normalized spacial score (nSPS) is 14.2. The summed E-state index contributed by atoms with van der Waals surface area (Å²) >= 11 is 12.4. The van der Waals surface area contributed by atoms with Gasteiger partial charge in [0.05, 0.1) is 41.2 Å². The highest BCUT2D eigenvalue weighted by Crippen LogP contribution is 2.38. The Hall–Kier alpha value is -3.11. The van der Waals surface area contributed by atoms with E-state index in [4.69, 9.17) is 32.7 Å². The van der Waals surface area contributed by atoms with E-state index in [0.717, 1.165) is 24.4 Å². The maximum atomic E-state index is 13.0. The zero-order valence-corrected chi connectivity index (χ0v) is 19.4. The molecular formula is C18H13Cl2F2N5O7S. The summed E-state index contributed by atoms with van der Waals surface area (Å²) in [6.07, 6.45) is -2.41. The van der Waals surface area contributed by atoms with Gasteiger partial charge < -0.3 is 14.6 Å². The largest absolute Gasteiger partial charge is 0.505 e. The molecule has 1 saturated heterocycles. The van der Waals surface area contributed by atoms with Gasteiger partial charge in [-0.15, -0.1) is 0 Å². The lowest BCUT2D eigenvalue weighted by molar-refractivity contribution is 0.00480. The first-order valence-corrected chi connectivity index (χ1v) is 11.7. The lowest BCUT2D eigenvalue weighted by atomic mass is 10.3. The van der Waals surface area contributed by atoms with Crippen molar-refractivity contribution in [1.29, 1.82) is 0 Å². The van der Waals surface area contributed by atoms with E-state index < -0.39 is 50.1 Å². The van der Waals surface area contributed by atoms with Gasteiger partial charge in [0.2, 0.25) is 15.9 Å². The molecule has 0 radical (unpaired) electrons. The van der Waals surface area contributed by atoms with Gasteiger partial charge in [0.1, 0.15) is 4.90 Å². The van der Waals surface area contributed by atoms with Crippen LogP contribution in [0.3, 0.4) is 0 Å². The topological polar surface area (TPSA) is 166 Å². The third-order valence-electron chi connectivity index (χ3n) is 4.56. The van der Waals surface area contributed by atoms with Gasteiger partial charge >= 0.3 is 5.69 Å². The summed E-state index contributed by atoms with van der Waals surface area (Å²) in [4.78, 5) is 28.5. The quantitative estimate of drug-likeness (QED) is 0.396. The minimum atomic E-state index is -4.15. The Bertz CT molecular complexity index is 1500. The van der Waals surface area contributed by atoms with Crippen LogP contribution in [0.5, 0.6) is 17.4 Å². The number of aromatic amines is 1. The maximum absolute atomic E-state index is 13.0. The van der Waals surface area contributed by atoms with E-state index in [9.17, 15) is 31.9 Å². The molecule has 186 valence electrons. The predicted octanol–water partition coefficient (Wildman–Crippen LogP) is 1.74. The van der Waals surface area contributed by atoms with Crippen LogP contribution in [0.15, 0.2) is 38.9 Å². The second-order valence-electron chi connectivity index (χ2n) is 7.04. The number of benzene rings is 1. The first-order valence-electron chi connectivity index (χ1n) is 9.44. The van der Waals surface area contributed by atoms with Crippen molar-refractivity contribution >= 4 is 33.2 Å². The predicted molar refractivity (Wildman–Crippen MR) is 116 cm³/mol. The molecule has 0 unspecified atom stereocenters. The molecule has 12 nitrogen and oxygen atoms in total. The summed E-state index contributed by atoms with van der Waals surface area (Å²) in [5, 5.41) is 12.8. The zero-order valence-electron chi connectivity index (χ0n) is 17.0. The number of halogens is 4. The minimum absolute atomic E-state index is 0.177. The molecule has 4 rings (SSSR count). The number of pyridine rings is 1. The summed E-state index contributed by atoms with van der Waals surface area (Å²) in [5.74, 6) is -1.19. The van der Waals surface area contributed by atoms with E-state index in [1.807, 2.05) is 0 Å². The maximum Gasteiger partial charge on any atom is 0.349 e. The van der Waals surface area contributed by atoms with Gasteiger partial charge in [-0.2, -0.15) is 9.78 Å². The second-order valence-corrected chi connectivity index (χ2v) is 9.54. The summed E-state index contributed by atoms with van der Waals surface area (Å²) in [7, 11) is -4.15. The molecule has 0 atom stereocenters. The Morgan fingerprint density at radius 1 is 1.23 bits per heavy atom. The van der Waals surface area contributed by atoms with Crippen LogP contribution in [0.1, 0.15) is 12.1 Å². The molecule has 1 aliphatic rings. The third kappa shape index (κ3) is 5.13. The third-order valence-corrected chi connectivity index (χ3v) is 6.68. The van der Waals surface area contributed by atoms with E-state index in [1.165, 1.54) is 0 Å². The first kappa shape index (κ1) is 25.0. The SMILES string of the molecule is O=c1[nH]c(=O)n(-c2cc(Cl)c(Oc3cc(S(=O)(=O)NC4COC4)c(O)cn3)c(Cl)c2)nc1C(F)F. The Labute approximate surface area is 204 Å². The summed E-state index contributed by atoms with van der Waals surface area (Å²) in [6, 6.07) is 2.65. The average Bonchev–Trinajstić information content (AvgIpc) is 2.74. The lowest BCUT2D eigenvalue weighted by Crippen LogP contribution is -2.48. The van der Waals surface area contributed by atoms with Crippen molar-refractivity contribution in [1.82, 2.24) is 24.5 Å². The highest BCUT2D eigenvalue weighted by atomic mass is 35.5. The molecule has 0 spiro atoms. The van der Waals surface area contributed by atoms with Crippen molar-refractivity contribution in [3.63, 3.8) is 0 Å². The highest BCUT2D eigenvalue weighted by Gasteiger charge is 2.28. The van der Waals surface area contributed by atoms with Crippen LogP contribution in [0.25, 0.3) is 5.69 Å². The van der Waals surface area contributed by atoms with Crippen molar-refractivity contribution in [2.75, 3.05) is 13.2 Å². The van der Waals surface area contributed by atoms with E-state index in [0.29, 0.717) is 4.68 Å². The van der Waals surface area contributed by atoms with Gasteiger partial charge in [0.25, 0.3) is 12.0 Å². The summed E-state index contributed by atoms with van der Waals surface area (Å²) in [5.41, 5.74) is -3.84. The molecule has 1 fully saturated rings. The fourth-order valence-electron chi connectivity index (χ4n) is 2.87. The number of alkyl halides is 2. The number of hydrogen-bond donors (Lipinski definition) is 3. The average molecular weight is 552 g/mol. The zero-order chi connectivity index (χ0) is 25.5. The molecule has 0 amide bonds. The number of ether oxygens (including phenoxy) is 2. The van der Waals surface area contributed by atoms with Gasteiger partial charge in [-0.3, -0.25) is 9.78 Å². The number of aromatic hydroxyl groups is 1. The minimum Gasteiger partial charge on any atom is -0.505 e. The molecule has 0 aliphatic carbocycles. The number of H-pyrrole nitrogens is 1. The van der Waals surface area contributed by atoms with Crippen LogP contribution in [0.2, 0.25) is 10.0 Å². The number of hydrogen-bond acceptors (Lipinski definition) is 9. The van der Waals surface area contributed by atoms with E-state index >= 15 is 0 Å². The van der Waals surface area contributed by atoms with Gasteiger partial charge in [0, 0.05) is 6.07 Å². The van der Waals surface area contributed by atoms with Gasteiger partial charge in [-0.25, -0.2) is 31.7 Å². The summed E-state index contributed by atoms with van der Waals surface area (Å²) in [6.45, 7) is 0.357. The van der Waals surface area contributed by atoms with Gasteiger partial charge in [-0.05, 0) is 12.1 Å². The number of rotatable bonds is 7. The Morgan fingerprint density at radius 2 is 1.89 bits per heavy atom. The first-order chi connectivity index (χ1) is 16.5. The highest BCUT2D eigenvalue weighted by molar-refractivity contribution is 7.89. The molecule has 35 heavy (non-hydrogen) atoms. The number of nitrogens with zero attached hydrogens (tertiary/aromatic N) is 3. The summed E-state index contributed by atoms with van der Waals surface area (Å²) < 4.78 is 64.3. The van der Waals surface area contributed by atoms with Crippen molar-refractivity contribution in [2.24, 2.45) is 0 Å². The molecule has 2 aromatic heterocycles. The molecule has 1 aromatic carbocycles. The van der Waals surface area contributed by atoms with Crippen molar-refractivity contribution in [2.45, 2.75) is 17.4 Å². The molecule has 3 N–H and O–H groups in total. The van der Waals surface area contributed by atoms with Crippen LogP contribution >= 0.6 is 23.2 Å². The number of sulfonamides is 1. The molecule has 3 aromatic rings. The van der Waals surface area contributed by atoms with Crippen LogP contribution in [0.4, 0.5) is 8.78 Å². The van der Waals surface area contributed by atoms with Crippen LogP contribution in [-0.4, -0.2) is 52.5 Å². The molecule has 1 aliphatic heterocycles. The van der Waals surface area contributed by atoms with E-state index in [-0.39, 0.29) is 40.6 Å². The fraction of sp³-hybridized carbons (Fsp3) is 0.222. The lowest BCUT2D eigenvalue weighted by Gasteiger charge is -2.26. The second kappa shape index (κ2) is 9.50. The van der Waals surface area contributed by atoms with Gasteiger partial charge in [0.15, 0.2) is 17.2 Å². The van der Waals surface area contributed by atoms with Gasteiger partial charge in [-0.1, -0.05) is 23.2 Å². The smallest absolute Gasteiger partial charge is 0.349 e. The number of aromatic nitrogens is 4. The molecule has 0 bridgehead atoms. The molecule has 0 saturated carbocycles. The molecular weight excluding hydrogens is 539 g/mol. The van der Waals surface area contributed by atoms with E-state index in [2.05, 4.69) is 14.8 Å².